The molecule has 8 nitrogen and oxygen atoms in total. The highest BCUT2D eigenvalue weighted by Gasteiger charge is 2.37. The summed E-state index contributed by atoms with van der Waals surface area (Å²) in [6.45, 7) is 3.89. The van der Waals surface area contributed by atoms with E-state index < -0.39 is 6.04 Å². The first kappa shape index (κ1) is 24.6. The van der Waals surface area contributed by atoms with E-state index in [1.807, 2.05) is 0 Å². The summed E-state index contributed by atoms with van der Waals surface area (Å²) < 4.78 is 5.16. The third-order valence-electron chi connectivity index (χ3n) is 5.53. The van der Waals surface area contributed by atoms with Gasteiger partial charge in [-0.1, -0.05) is 19.8 Å². The Hall–Kier alpha value is -1.68. The predicted molar refractivity (Wildman–Crippen MR) is 119 cm³/mol. The monoisotopic (exact) mass is 458 g/mol. The zero-order valence-electron chi connectivity index (χ0n) is 17.8. The van der Waals surface area contributed by atoms with Crippen LogP contribution in [0.15, 0.2) is 0 Å². The average molecular weight is 459 g/mol. The van der Waals surface area contributed by atoms with Crippen molar-refractivity contribution in [3.63, 3.8) is 0 Å². The second kappa shape index (κ2) is 10.6. The summed E-state index contributed by atoms with van der Waals surface area (Å²) in [6.07, 6.45) is 3.21. The number of hydrogen-bond acceptors (Lipinski definition) is 6. The summed E-state index contributed by atoms with van der Waals surface area (Å²) in [5, 5.41) is 0.677. The van der Waals surface area contributed by atoms with E-state index >= 15 is 0 Å². The number of amides is 3. The maximum Gasteiger partial charge on any atom is 0.257 e. The smallest absolute Gasteiger partial charge is 0.257 e. The molecule has 0 saturated heterocycles. The number of nitrogens with zero attached hydrogens (tertiary/aromatic N) is 3. The van der Waals surface area contributed by atoms with E-state index in [4.69, 9.17) is 10.5 Å². The van der Waals surface area contributed by atoms with E-state index in [1.165, 1.54) is 16.2 Å². The Morgan fingerprint density at radius 1 is 1.30 bits per heavy atom. The second-order valence-electron chi connectivity index (χ2n) is 7.64. The summed E-state index contributed by atoms with van der Waals surface area (Å²) in [5.41, 5.74) is 7.66. The molecular weight excluding hydrogens is 428 g/mol. The number of carbonyl (C=O) groups is 3. The van der Waals surface area contributed by atoms with E-state index in [9.17, 15) is 14.4 Å². The first-order valence-corrected chi connectivity index (χ1v) is 10.9. The number of methoxy groups -OCH3 is 1. The molecule has 3 rings (SSSR count). The van der Waals surface area contributed by atoms with Gasteiger partial charge in [0.15, 0.2) is 0 Å². The Kier molecular flexibility index (Phi) is 8.66. The molecule has 0 bridgehead atoms. The lowest BCUT2D eigenvalue weighted by molar-refractivity contribution is -0.133. The maximum atomic E-state index is 13.0. The third kappa shape index (κ3) is 4.80. The minimum absolute atomic E-state index is 0. The first-order chi connectivity index (χ1) is 13.9. The van der Waals surface area contributed by atoms with Crippen molar-refractivity contribution in [3.8, 4) is 0 Å². The highest BCUT2D eigenvalue weighted by Crippen LogP contribution is 2.41. The van der Waals surface area contributed by atoms with Crippen molar-refractivity contribution in [1.82, 2.24) is 9.80 Å². The number of unbranched alkanes of at least 4 members (excludes halogenated alkanes) is 1. The van der Waals surface area contributed by atoms with Gasteiger partial charge in [0.25, 0.3) is 5.91 Å². The van der Waals surface area contributed by atoms with E-state index in [0.717, 1.165) is 23.3 Å². The van der Waals surface area contributed by atoms with Gasteiger partial charge in [0.2, 0.25) is 11.8 Å². The minimum Gasteiger partial charge on any atom is -0.383 e. The molecule has 3 heterocycles. The highest BCUT2D eigenvalue weighted by atomic mass is 35.5. The topological polar surface area (TPSA) is 96.2 Å². The third-order valence-corrected chi connectivity index (χ3v) is 6.77. The lowest BCUT2D eigenvalue weighted by Gasteiger charge is -2.29. The lowest BCUT2D eigenvalue weighted by Crippen LogP contribution is -2.45. The Balaban J connectivity index is 0.00000320. The Morgan fingerprint density at radius 2 is 2.03 bits per heavy atom. The predicted octanol–water partition coefficient (Wildman–Crippen LogP) is 1.64. The zero-order valence-corrected chi connectivity index (χ0v) is 19.4. The molecule has 0 aliphatic carbocycles. The van der Waals surface area contributed by atoms with Crippen LogP contribution in [0.3, 0.4) is 0 Å². The van der Waals surface area contributed by atoms with Crippen LogP contribution in [0.5, 0.6) is 0 Å². The summed E-state index contributed by atoms with van der Waals surface area (Å²) in [4.78, 5) is 44.3. The van der Waals surface area contributed by atoms with Crippen LogP contribution < -0.4 is 10.6 Å². The fourth-order valence-corrected chi connectivity index (χ4v) is 5.24. The van der Waals surface area contributed by atoms with Crippen LogP contribution in [-0.4, -0.2) is 74.0 Å². The Morgan fingerprint density at radius 3 is 2.70 bits per heavy atom. The number of nitrogens with two attached hydrogens (primary N) is 1. The van der Waals surface area contributed by atoms with Crippen molar-refractivity contribution in [2.24, 2.45) is 5.73 Å². The molecule has 30 heavy (non-hydrogen) atoms. The van der Waals surface area contributed by atoms with Crippen LogP contribution in [0.2, 0.25) is 0 Å². The zero-order chi connectivity index (χ0) is 21.1. The van der Waals surface area contributed by atoms with Crippen molar-refractivity contribution in [3.05, 3.63) is 16.0 Å². The van der Waals surface area contributed by atoms with Gasteiger partial charge in [-0.15, -0.1) is 23.7 Å². The minimum atomic E-state index is -0.484. The molecule has 0 radical (unpaired) electrons. The van der Waals surface area contributed by atoms with Gasteiger partial charge in [-0.05, 0) is 18.4 Å². The Bertz CT molecular complexity index is 800. The quantitative estimate of drug-likeness (QED) is 0.670. The standard InChI is InChI=1S/C20H30N4O4S.ClH/c1-4-5-6-14(21)18(26)23-8-7-13-15(11-23)29-20-17(13)19(27)22(2)12-16(25)24(20)9-10-28-3;/h14H,4-12,21H2,1-3H3;1H/t14-;/m0./s1. The molecule has 10 heteroatoms. The summed E-state index contributed by atoms with van der Waals surface area (Å²) in [5.74, 6) is -0.293. The molecule has 0 saturated carbocycles. The molecular formula is C20H31ClN4O4S. The van der Waals surface area contributed by atoms with Crippen LogP contribution >= 0.6 is 23.7 Å². The number of likely N-dealkylation sites (N-methyl/N-ethyl adjacent to an activating group) is 1. The van der Waals surface area contributed by atoms with Gasteiger partial charge in [0.05, 0.1) is 31.3 Å². The molecule has 2 aliphatic heterocycles. The second-order valence-corrected chi connectivity index (χ2v) is 8.73. The molecule has 3 amide bonds. The molecule has 0 aromatic carbocycles. The van der Waals surface area contributed by atoms with Gasteiger partial charge < -0.3 is 20.3 Å². The number of thiophene rings is 1. The van der Waals surface area contributed by atoms with Gasteiger partial charge in [0, 0.05) is 25.6 Å². The Labute approximate surface area is 187 Å². The van der Waals surface area contributed by atoms with Crippen LogP contribution in [0, 0.1) is 0 Å². The van der Waals surface area contributed by atoms with Crippen molar-refractivity contribution in [2.75, 3.05) is 45.3 Å². The van der Waals surface area contributed by atoms with Crippen LogP contribution in [0.1, 0.15) is 47.0 Å². The molecule has 168 valence electrons. The van der Waals surface area contributed by atoms with Gasteiger partial charge >= 0.3 is 0 Å². The fraction of sp³-hybridized carbons (Fsp3) is 0.650. The molecule has 0 fully saturated rings. The SMILES string of the molecule is CCCC[C@H](N)C(=O)N1CCc2c(sc3c2C(=O)N(C)CC(=O)N3CCOC)C1.Cl. The van der Waals surface area contributed by atoms with E-state index in [1.54, 1.807) is 24.0 Å². The largest absolute Gasteiger partial charge is 0.383 e. The van der Waals surface area contributed by atoms with E-state index in [2.05, 4.69) is 6.92 Å². The van der Waals surface area contributed by atoms with Crippen molar-refractivity contribution in [1.29, 1.82) is 0 Å². The van der Waals surface area contributed by atoms with Crippen LogP contribution in [0.4, 0.5) is 5.00 Å². The average Bonchev–Trinajstić information content (AvgIpc) is 3.05. The molecule has 2 N–H and O–H groups in total. The molecule has 2 aliphatic rings. The van der Waals surface area contributed by atoms with Gasteiger partial charge in [0.1, 0.15) is 11.5 Å². The fourth-order valence-electron chi connectivity index (χ4n) is 3.84. The van der Waals surface area contributed by atoms with Crippen molar-refractivity contribution >= 4 is 46.5 Å². The van der Waals surface area contributed by atoms with Crippen molar-refractivity contribution in [2.45, 2.75) is 45.2 Å². The van der Waals surface area contributed by atoms with Gasteiger partial charge in [-0.25, -0.2) is 0 Å². The first-order valence-electron chi connectivity index (χ1n) is 10.1. The maximum absolute atomic E-state index is 13.0. The number of ether oxygens (including phenoxy) is 1. The summed E-state index contributed by atoms with van der Waals surface area (Å²) in [6, 6.07) is -0.484. The number of halogens is 1. The molecule has 0 unspecified atom stereocenters. The summed E-state index contributed by atoms with van der Waals surface area (Å²) >= 11 is 1.44. The van der Waals surface area contributed by atoms with Crippen LogP contribution in [-0.2, 0) is 27.3 Å². The number of anilines is 1. The molecule has 1 atom stereocenters. The number of carbonyl (C=O) groups excluding carboxylic acids is 3. The number of fused-ring (bicyclic) bond motifs is 3. The van der Waals surface area contributed by atoms with E-state index in [0.29, 0.717) is 49.6 Å². The molecule has 1 aromatic heterocycles. The number of hydrogen-bond donors (Lipinski definition) is 1. The highest BCUT2D eigenvalue weighted by molar-refractivity contribution is 7.17. The normalized spacial score (nSPS) is 17.3. The molecule has 0 spiro atoms. The number of rotatable bonds is 7. The van der Waals surface area contributed by atoms with Gasteiger partial charge in [-0.2, -0.15) is 0 Å². The summed E-state index contributed by atoms with van der Waals surface area (Å²) in [7, 11) is 3.24. The van der Waals surface area contributed by atoms with Crippen LogP contribution in [0.25, 0.3) is 0 Å². The van der Waals surface area contributed by atoms with Gasteiger partial charge in [-0.3, -0.25) is 19.3 Å². The van der Waals surface area contributed by atoms with E-state index in [-0.39, 0.29) is 36.7 Å². The van der Waals surface area contributed by atoms with Crippen molar-refractivity contribution < 1.29 is 19.1 Å². The lowest BCUT2D eigenvalue weighted by atomic mass is 10.0. The molecule has 1 aromatic rings.